The number of benzene rings is 1. The van der Waals surface area contributed by atoms with E-state index < -0.39 is 30.2 Å². The Morgan fingerprint density at radius 1 is 1.32 bits per heavy atom. The molecule has 1 aliphatic heterocycles. The molecule has 0 saturated carbocycles. The van der Waals surface area contributed by atoms with Crippen molar-refractivity contribution in [3.63, 3.8) is 0 Å². The molecule has 10 heteroatoms. The van der Waals surface area contributed by atoms with Gasteiger partial charge in [-0.15, -0.1) is 0 Å². The summed E-state index contributed by atoms with van der Waals surface area (Å²) < 4.78 is 32.0. The minimum atomic E-state index is -2.80. The molecule has 2 heterocycles. The molecule has 1 aromatic carbocycles. The molecule has 0 bridgehead atoms. The van der Waals surface area contributed by atoms with Crippen molar-refractivity contribution in [1.82, 2.24) is 15.2 Å². The molecule has 3 rings (SSSR count). The maximum absolute atomic E-state index is 13.3. The molecule has 7 nitrogen and oxygen atoms in total. The number of pyridine rings is 1. The molecule has 2 aromatic rings. The lowest BCUT2D eigenvalue weighted by atomic mass is 9.95. The number of esters is 1. The van der Waals surface area contributed by atoms with Gasteiger partial charge < -0.3 is 10.1 Å². The highest BCUT2D eigenvalue weighted by Gasteiger charge is 2.37. The second-order valence-corrected chi connectivity index (χ2v) is 8.33. The van der Waals surface area contributed by atoms with E-state index in [0.29, 0.717) is 16.8 Å². The number of thioether (sulfide) groups is 1. The molecular formula is C24H24F2N4O3S. The molecule has 0 radical (unpaired) electrons. The van der Waals surface area contributed by atoms with Crippen LogP contribution in [-0.4, -0.2) is 40.8 Å². The van der Waals surface area contributed by atoms with Crippen LogP contribution in [0.25, 0.3) is 0 Å². The first kappa shape index (κ1) is 25.2. The van der Waals surface area contributed by atoms with Crippen LogP contribution in [-0.2, 0) is 9.53 Å². The highest BCUT2D eigenvalue weighted by atomic mass is 32.2. The predicted molar refractivity (Wildman–Crippen MR) is 123 cm³/mol. The molecule has 34 heavy (non-hydrogen) atoms. The topological polar surface area (TPSA) is 95.3 Å². The highest BCUT2D eigenvalue weighted by Crippen LogP contribution is 2.35. The van der Waals surface area contributed by atoms with Gasteiger partial charge >= 0.3 is 12.0 Å². The van der Waals surface area contributed by atoms with Gasteiger partial charge in [0.05, 0.1) is 23.8 Å². The first-order valence-electron chi connectivity index (χ1n) is 10.7. The average molecular weight is 487 g/mol. The van der Waals surface area contributed by atoms with Gasteiger partial charge in [0.15, 0.2) is 0 Å². The molecule has 0 aliphatic carbocycles. The van der Waals surface area contributed by atoms with Crippen LogP contribution in [0.15, 0.2) is 52.7 Å². The molecule has 0 fully saturated rings. The van der Waals surface area contributed by atoms with Gasteiger partial charge in [-0.05, 0) is 38.0 Å². The van der Waals surface area contributed by atoms with E-state index in [2.05, 4.69) is 10.3 Å². The molecule has 1 aliphatic rings. The Hall–Kier alpha value is -3.45. The zero-order valence-electron chi connectivity index (χ0n) is 19.0. The van der Waals surface area contributed by atoms with Crippen LogP contribution in [0.4, 0.5) is 13.6 Å². The SMILES string of the molecule is CCOC(=O)C1=C(CSc2nc(C(F)F)cc(C)c2C#N)N(CC)C(=O)NC1c1ccccc1. The number of hydrogen-bond donors (Lipinski definition) is 1. The number of ether oxygens (including phenoxy) is 1. The first-order valence-corrected chi connectivity index (χ1v) is 11.7. The fourth-order valence-corrected chi connectivity index (χ4v) is 4.80. The van der Waals surface area contributed by atoms with E-state index in [0.717, 1.165) is 11.8 Å². The van der Waals surface area contributed by atoms with E-state index in [4.69, 9.17) is 4.74 Å². The van der Waals surface area contributed by atoms with E-state index in [9.17, 15) is 23.6 Å². The Balaban J connectivity index is 2.11. The number of nitriles is 1. The number of hydrogen-bond acceptors (Lipinski definition) is 6. The molecule has 0 spiro atoms. The Bertz CT molecular complexity index is 1150. The highest BCUT2D eigenvalue weighted by molar-refractivity contribution is 7.99. The van der Waals surface area contributed by atoms with Crippen molar-refractivity contribution in [2.45, 2.75) is 38.3 Å². The average Bonchev–Trinajstić information content (AvgIpc) is 2.82. The van der Waals surface area contributed by atoms with Gasteiger partial charge in [0, 0.05) is 18.0 Å². The Labute approximate surface area is 200 Å². The lowest BCUT2D eigenvalue weighted by molar-refractivity contribution is -0.139. The summed E-state index contributed by atoms with van der Waals surface area (Å²) in [5, 5.41) is 12.5. The van der Waals surface area contributed by atoms with Crippen molar-refractivity contribution < 1.29 is 23.1 Å². The number of halogens is 2. The van der Waals surface area contributed by atoms with Gasteiger partial charge in [-0.2, -0.15) is 5.26 Å². The lowest BCUT2D eigenvalue weighted by Gasteiger charge is -2.36. The molecule has 0 saturated heterocycles. The normalized spacial score (nSPS) is 15.9. The van der Waals surface area contributed by atoms with E-state index in [1.807, 2.05) is 12.1 Å². The monoisotopic (exact) mass is 486 g/mol. The minimum absolute atomic E-state index is 0.0482. The summed E-state index contributed by atoms with van der Waals surface area (Å²) in [7, 11) is 0. The number of alkyl halides is 2. The van der Waals surface area contributed by atoms with Crippen molar-refractivity contribution in [3.05, 3.63) is 70.1 Å². The molecule has 1 unspecified atom stereocenters. The van der Waals surface area contributed by atoms with E-state index in [1.54, 1.807) is 45.0 Å². The van der Waals surface area contributed by atoms with Crippen LogP contribution in [0.3, 0.4) is 0 Å². The number of rotatable bonds is 8. The standard InChI is InChI=1S/C24H24F2N4O3S/c1-4-30-18(13-34-22-16(12-27)14(3)11-17(28-22)21(25)26)19(23(31)33-5-2)20(29-24(30)32)15-9-7-6-8-10-15/h6-11,20-21H,4-5,13H2,1-3H3,(H,29,32). The van der Waals surface area contributed by atoms with Gasteiger partial charge in [-0.3, -0.25) is 4.90 Å². The summed E-state index contributed by atoms with van der Waals surface area (Å²) in [5.41, 5.74) is 1.45. The fraction of sp³-hybridized carbons (Fsp3) is 0.333. The van der Waals surface area contributed by atoms with Crippen molar-refractivity contribution in [2.75, 3.05) is 18.9 Å². The summed E-state index contributed by atoms with van der Waals surface area (Å²) in [6, 6.07) is 11.1. The third-order valence-electron chi connectivity index (χ3n) is 5.27. The number of amides is 2. The number of carbonyl (C=O) groups is 2. The maximum atomic E-state index is 13.3. The fourth-order valence-electron chi connectivity index (χ4n) is 3.70. The summed E-state index contributed by atoms with van der Waals surface area (Å²) in [4.78, 5) is 31.4. The summed E-state index contributed by atoms with van der Waals surface area (Å²) in [6.45, 7) is 5.42. The smallest absolute Gasteiger partial charge is 0.338 e. The van der Waals surface area contributed by atoms with Gasteiger partial charge in [-0.25, -0.2) is 23.4 Å². The summed E-state index contributed by atoms with van der Waals surface area (Å²) in [6.07, 6.45) is -2.80. The van der Waals surface area contributed by atoms with Crippen molar-refractivity contribution in [1.29, 1.82) is 5.26 Å². The number of nitrogens with one attached hydrogen (secondary N) is 1. The quantitative estimate of drug-likeness (QED) is 0.421. The number of aromatic nitrogens is 1. The van der Waals surface area contributed by atoms with Gasteiger partial charge in [-0.1, -0.05) is 42.1 Å². The molecule has 1 aromatic heterocycles. The van der Waals surface area contributed by atoms with E-state index in [1.165, 1.54) is 11.0 Å². The summed E-state index contributed by atoms with van der Waals surface area (Å²) in [5.74, 6) is -0.539. The van der Waals surface area contributed by atoms with E-state index >= 15 is 0 Å². The number of urea groups is 1. The van der Waals surface area contributed by atoms with Crippen molar-refractivity contribution in [3.8, 4) is 6.07 Å². The van der Waals surface area contributed by atoms with Gasteiger partial charge in [0.2, 0.25) is 0 Å². The Morgan fingerprint density at radius 3 is 2.62 bits per heavy atom. The van der Waals surface area contributed by atoms with Crippen molar-refractivity contribution >= 4 is 23.8 Å². The second kappa shape index (κ2) is 11.1. The molecule has 178 valence electrons. The van der Waals surface area contributed by atoms with Gasteiger partial charge in [0.25, 0.3) is 6.43 Å². The van der Waals surface area contributed by atoms with Crippen LogP contribution < -0.4 is 5.32 Å². The zero-order chi connectivity index (χ0) is 24.8. The van der Waals surface area contributed by atoms with E-state index in [-0.39, 0.29) is 35.1 Å². The number of aryl methyl sites for hydroxylation is 1. The number of nitrogens with zero attached hydrogens (tertiary/aromatic N) is 3. The lowest BCUT2D eigenvalue weighted by Crippen LogP contribution is -2.49. The van der Waals surface area contributed by atoms with Gasteiger partial charge in [0.1, 0.15) is 16.8 Å². The Morgan fingerprint density at radius 2 is 2.03 bits per heavy atom. The molecule has 1 N–H and O–H groups in total. The van der Waals surface area contributed by atoms with Crippen LogP contribution in [0.2, 0.25) is 0 Å². The third kappa shape index (κ3) is 5.20. The molecule has 1 atom stereocenters. The Kier molecular flexibility index (Phi) is 8.23. The second-order valence-electron chi connectivity index (χ2n) is 7.36. The molecular weight excluding hydrogens is 462 g/mol. The first-order chi connectivity index (χ1) is 16.3. The zero-order valence-corrected chi connectivity index (χ0v) is 19.8. The van der Waals surface area contributed by atoms with Crippen LogP contribution in [0.1, 0.15) is 48.7 Å². The largest absolute Gasteiger partial charge is 0.463 e. The number of carbonyl (C=O) groups excluding carboxylic acids is 2. The van der Waals surface area contributed by atoms with Crippen LogP contribution in [0.5, 0.6) is 0 Å². The van der Waals surface area contributed by atoms with Crippen LogP contribution in [0, 0.1) is 18.3 Å². The van der Waals surface area contributed by atoms with Crippen LogP contribution >= 0.6 is 11.8 Å². The van der Waals surface area contributed by atoms with Crippen molar-refractivity contribution in [2.24, 2.45) is 0 Å². The maximum Gasteiger partial charge on any atom is 0.338 e. The summed E-state index contributed by atoms with van der Waals surface area (Å²) >= 11 is 1.03. The predicted octanol–water partition coefficient (Wildman–Crippen LogP) is 4.90. The minimum Gasteiger partial charge on any atom is -0.463 e. The third-order valence-corrected chi connectivity index (χ3v) is 6.25. The molecule has 2 amide bonds.